The minimum atomic E-state index is -0.332. The van der Waals surface area contributed by atoms with E-state index in [2.05, 4.69) is 28.2 Å². The van der Waals surface area contributed by atoms with E-state index in [1.165, 1.54) is 0 Å². The van der Waals surface area contributed by atoms with Gasteiger partial charge < -0.3 is 10.2 Å². The summed E-state index contributed by atoms with van der Waals surface area (Å²) in [4.78, 5) is 26.7. The summed E-state index contributed by atoms with van der Waals surface area (Å²) in [5, 5.41) is 3.00. The molecule has 1 heterocycles. The number of halogens is 1. The second kappa shape index (κ2) is 7.40. The fourth-order valence-corrected chi connectivity index (χ4v) is 3.55. The van der Waals surface area contributed by atoms with E-state index in [0.717, 1.165) is 33.4 Å². The predicted molar refractivity (Wildman–Crippen MR) is 104 cm³/mol. The maximum absolute atomic E-state index is 12.7. The average molecular weight is 401 g/mol. The summed E-state index contributed by atoms with van der Waals surface area (Å²) in [6, 6.07) is 13.6. The zero-order chi connectivity index (χ0) is 18.0. The van der Waals surface area contributed by atoms with Gasteiger partial charge in [0.25, 0.3) is 0 Å². The van der Waals surface area contributed by atoms with E-state index in [-0.39, 0.29) is 24.2 Å². The molecule has 1 saturated heterocycles. The fourth-order valence-electron chi connectivity index (χ4n) is 3.14. The second-order valence-electron chi connectivity index (χ2n) is 6.39. The summed E-state index contributed by atoms with van der Waals surface area (Å²) in [6.45, 7) is 4.47. The molecule has 130 valence electrons. The predicted octanol–water partition coefficient (Wildman–Crippen LogP) is 4.31. The third kappa shape index (κ3) is 3.93. The van der Waals surface area contributed by atoms with Gasteiger partial charge in [0.05, 0.1) is 5.92 Å². The van der Waals surface area contributed by atoms with Gasteiger partial charge in [-0.05, 0) is 54.8 Å². The van der Waals surface area contributed by atoms with Crippen molar-refractivity contribution in [2.75, 3.05) is 16.8 Å². The fraction of sp³-hybridized carbons (Fsp3) is 0.300. The van der Waals surface area contributed by atoms with Crippen LogP contribution in [0, 0.1) is 12.8 Å². The number of hydrogen-bond acceptors (Lipinski definition) is 2. The lowest BCUT2D eigenvalue weighted by molar-refractivity contribution is -0.122. The number of anilines is 2. The molecule has 1 N–H and O–H groups in total. The third-order valence-corrected chi connectivity index (χ3v) is 5.01. The Kier molecular flexibility index (Phi) is 5.23. The van der Waals surface area contributed by atoms with Crippen molar-refractivity contribution in [2.45, 2.75) is 26.7 Å². The molecule has 1 fully saturated rings. The van der Waals surface area contributed by atoms with Crippen LogP contribution in [0.5, 0.6) is 0 Å². The molecular formula is C20H21BrN2O2. The van der Waals surface area contributed by atoms with Crippen LogP contribution in [-0.4, -0.2) is 18.4 Å². The van der Waals surface area contributed by atoms with Gasteiger partial charge in [0.2, 0.25) is 11.8 Å². The summed E-state index contributed by atoms with van der Waals surface area (Å²) in [7, 11) is 0. The van der Waals surface area contributed by atoms with Crippen molar-refractivity contribution >= 4 is 39.1 Å². The summed E-state index contributed by atoms with van der Waals surface area (Å²) < 4.78 is 0.990. The quantitative estimate of drug-likeness (QED) is 0.830. The Hall–Kier alpha value is -2.14. The largest absolute Gasteiger partial charge is 0.326 e. The van der Waals surface area contributed by atoms with Gasteiger partial charge >= 0.3 is 0 Å². The van der Waals surface area contributed by atoms with Crippen LogP contribution in [0.2, 0.25) is 0 Å². The van der Waals surface area contributed by atoms with Gasteiger partial charge in [-0.3, -0.25) is 9.59 Å². The molecule has 0 aliphatic carbocycles. The summed E-state index contributed by atoms with van der Waals surface area (Å²) in [5.41, 5.74) is 3.85. The zero-order valence-electron chi connectivity index (χ0n) is 14.4. The second-order valence-corrected chi connectivity index (χ2v) is 7.30. The van der Waals surface area contributed by atoms with Crippen LogP contribution in [0.15, 0.2) is 46.9 Å². The Bertz CT molecular complexity index is 819. The van der Waals surface area contributed by atoms with Crippen molar-refractivity contribution in [2.24, 2.45) is 5.92 Å². The summed E-state index contributed by atoms with van der Waals surface area (Å²) in [5.74, 6) is -0.431. The molecule has 0 saturated carbocycles. The van der Waals surface area contributed by atoms with Crippen LogP contribution in [0.25, 0.3) is 0 Å². The Labute approximate surface area is 156 Å². The molecule has 3 rings (SSSR count). The number of rotatable bonds is 4. The smallest absolute Gasteiger partial charge is 0.229 e. The van der Waals surface area contributed by atoms with Crippen LogP contribution in [0.1, 0.15) is 24.5 Å². The average Bonchev–Trinajstić information content (AvgIpc) is 2.98. The van der Waals surface area contributed by atoms with Crippen molar-refractivity contribution in [1.82, 2.24) is 0 Å². The number of benzene rings is 2. The maximum Gasteiger partial charge on any atom is 0.229 e. The van der Waals surface area contributed by atoms with Crippen molar-refractivity contribution in [3.05, 3.63) is 58.1 Å². The van der Waals surface area contributed by atoms with E-state index >= 15 is 0 Å². The molecule has 4 nitrogen and oxygen atoms in total. The van der Waals surface area contributed by atoms with Crippen LogP contribution in [0.4, 0.5) is 11.4 Å². The lowest BCUT2D eigenvalue weighted by atomic mass is 10.1. The van der Waals surface area contributed by atoms with Crippen molar-refractivity contribution < 1.29 is 9.59 Å². The molecule has 0 unspecified atom stereocenters. The van der Waals surface area contributed by atoms with E-state index in [0.29, 0.717) is 6.54 Å². The maximum atomic E-state index is 12.7. The molecule has 2 amide bonds. The van der Waals surface area contributed by atoms with Gasteiger partial charge in [0, 0.05) is 28.8 Å². The van der Waals surface area contributed by atoms with Gasteiger partial charge in [-0.1, -0.05) is 35.0 Å². The zero-order valence-corrected chi connectivity index (χ0v) is 16.0. The number of hydrogen-bond donors (Lipinski definition) is 1. The minimum Gasteiger partial charge on any atom is -0.326 e. The first kappa shape index (κ1) is 17.7. The van der Waals surface area contributed by atoms with E-state index in [1.54, 1.807) is 4.90 Å². The molecule has 1 atom stereocenters. The van der Waals surface area contributed by atoms with E-state index < -0.39 is 0 Å². The first-order chi connectivity index (χ1) is 12.0. The molecule has 0 bridgehead atoms. The highest BCUT2D eigenvalue weighted by Crippen LogP contribution is 2.28. The molecule has 25 heavy (non-hydrogen) atoms. The Balaban J connectivity index is 1.73. The van der Waals surface area contributed by atoms with Crippen molar-refractivity contribution in [3.63, 3.8) is 0 Å². The molecule has 0 spiro atoms. The standard InChI is InChI=1S/C20H21BrN2O2/c1-3-14-10-16(21)7-8-18(14)22-20(25)15-11-19(24)23(12-15)17-6-4-5-13(2)9-17/h4-10,15H,3,11-12H2,1-2H3,(H,22,25)/t15-/m0/s1. The molecule has 5 heteroatoms. The Morgan fingerprint density at radius 2 is 2.08 bits per heavy atom. The highest BCUT2D eigenvalue weighted by Gasteiger charge is 2.35. The lowest BCUT2D eigenvalue weighted by Crippen LogP contribution is -2.28. The van der Waals surface area contributed by atoms with Crippen LogP contribution < -0.4 is 10.2 Å². The Morgan fingerprint density at radius 3 is 2.80 bits per heavy atom. The first-order valence-electron chi connectivity index (χ1n) is 8.44. The van der Waals surface area contributed by atoms with Gasteiger partial charge in [-0.2, -0.15) is 0 Å². The molecular weight excluding hydrogens is 380 g/mol. The van der Waals surface area contributed by atoms with Gasteiger partial charge in [-0.25, -0.2) is 0 Å². The van der Waals surface area contributed by atoms with Crippen LogP contribution in [-0.2, 0) is 16.0 Å². The van der Waals surface area contributed by atoms with E-state index in [4.69, 9.17) is 0 Å². The lowest BCUT2D eigenvalue weighted by Gasteiger charge is -2.17. The summed E-state index contributed by atoms with van der Waals surface area (Å²) in [6.07, 6.45) is 1.08. The minimum absolute atomic E-state index is 0.00253. The van der Waals surface area contributed by atoms with Crippen LogP contribution >= 0.6 is 15.9 Å². The molecule has 1 aliphatic rings. The monoisotopic (exact) mass is 400 g/mol. The molecule has 1 aliphatic heterocycles. The van der Waals surface area contributed by atoms with Crippen LogP contribution in [0.3, 0.4) is 0 Å². The van der Waals surface area contributed by atoms with E-state index in [9.17, 15) is 9.59 Å². The number of amides is 2. The number of nitrogens with zero attached hydrogens (tertiary/aromatic N) is 1. The number of aryl methyl sites for hydroxylation is 2. The topological polar surface area (TPSA) is 49.4 Å². The Morgan fingerprint density at radius 1 is 1.28 bits per heavy atom. The highest BCUT2D eigenvalue weighted by molar-refractivity contribution is 9.10. The van der Waals surface area contributed by atoms with Crippen molar-refractivity contribution in [1.29, 1.82) is 0 Å². The van der Waals surface area contributed by atoms with Gasteiger partial charge in [0.15, 0.2) is 0 Å². The SMILES string of the molecule is CCc1cc(Br)ccc1NC(=O)[C@H]1CC(=O)N(c2cccc(C)c2)C1. The molecule has 2 aromatic rings. The van der Waals surface area contributed by atoms with Crippen molar-refractivity contribution in [3.8, 4) is 0 Å². The van der Waals surface area contributed by atoms with Gasteiger partial charge in [0.1, 0.15) is 0 Å². The molecule has 2 aromatic carbocycles. The molecule has 0 aromatic heterocycles. The number of carbonyl (C=O) groups excluding carboxylic acids is 2. The molecule has 0 radical (unpaired) electrons. The van der Waals surface area contributed by atoms with Gasteiger partial charge in [-0.15, -0.1) is 0 Å². The number of carbonyl (C=O) groups is 2. The third-order valence-electron chi connectivity index (χ3n) is 4.52. The highest BCUT2D eigenvalue weighted by atomic mass is 79.9. The first-order valence-corrected chi connectivity index (χ1v) is 9.23. The normalized spacial score (nSPS) is 17.0. The number of nitrogens with one attached hydrogen (secondary N) is 1. The summed E-state index contributed by atoms with van der Waals surface area (Å²) >= 11 is 3.45. The van der Waals surface area contributed by atoms with E-state index in [1.807, 2.05) is 49.4 Å².